The highest BCUT2D eigenvalue weighted by Gasteiger charge is 2.21. The van der Waals surface area contributed by atoms with E-state index in [1.165, 1.54) is 51.4 Å². The smallest absolute Gasteiger partial charge is 0.306 e. The maximum atomic E-state index is 11.2. The quantitative estimate of drug-likeness (QED) is 0.557. The molecule has 1 heterocycles. The molecule has 0 saturated carbocycles. The van der Waals surface area contributed by atoms with E-state index in [1.54, 1.807) is 0 Å². The lowest BCUT2D eigenvalue weighted by Gasteiger charge is -2.24. The highest BCUT2D eigenvalue weighted by molar-refractivity contribution is 5.70. The second-order valence-electron chi connectivity index (χ2n) is 5.81. The number of carbonyl (C=O) groups excluding carboxylic acids is 1. The lowest BCUT2D eigenvalue weighted by Crippen LogP contribution is -2.21. The van der Waals surface area contributed by atoms with Gasteiger partial charge in [0, 0.05) is 6.42 Å². The molecule has 1 aliphatic heterocycles. The number of carbonyl (C=O) groups is 1. The zero-order chi connectivity index (χ0) is 13.2. The monoisotopic (exact) mass is 254 g/mol. The van der Waals surface area contributed by atoms with Crippen molar-refractivity contribution in [1.82, 2.24) is 0 Å². The van der Waals surface area contributed by atoms with E-state index in [1.807, 2.05) is 0 Å². The fourth-order valence-corrected chi connectivity index (χ4v) is 2.87. The zero-order valence-corrected chi connectivity index (χ0v) is 12.2. The Balaban J connectivity index is 2.23. The second kappa shape index (κ2) is 9.41. The number of cyclic esters (lactones) is 1. The first-order chi connectivity index (χ1) is 8.76. The lowest BCUT2D eigenvalue weighted by molar-refractivity contribution is -0.149. The summed E-state index contributed by atoms with van der Waals surface area (Å²) in [5.41, 5.74) is 0. The number of unbranched alkanes of at least 4 members (excludes halogenated alkanes) is 2. The van der Waals surface area contributed by atoms with Crippen molar-refractivity contribution in [2.75, 3.05) is 6.61 Å². The largest absolute Gasteiger partial charge is 0.466 e. The van der Waals surface area contributed by atoms with E-state index in [2.05, 4.69) is 13.8 Å². The SMILES string of the molecule is CCCCC(CCCC)CCC1CCOC(=O)C1. The summed E-state index contributed by atoms with van der Waals surface area (Å²) in [6.45, 7) is 5.19. The first-order valence-electron chi connectivity index (χ1n) is 7.91. The molecule has 0 radical (unpaired) electrons. The summed E-state index contributed by atoms with van der Waals surface area (Å²) in [6.07, 6.45) is 12.4. The van der Waals surface area contributed by atoms with Crippen LogP contribution >= 0.6 is 0 Å². The van der Waals surface area contributed by atoms with Crippen molar-refractivity contribution >= 4 is 5.97 Å². The molecule has 0 spiro atoms. The molecule has 0 amide bonds. The van der Waals surface area contributed by atoms with Gasteiger partial charge in [-0.25, -0.2) is 0 Å². The van der Waals surface area contributed by atoms with Gasteiger partial charge in [0.1, 0.15) is 0 Å². The van der Waals surface area contributed by atoms with Gasteiger partial charge >= 0.3 is 5.97 Å². The molecule has 2 nitrogen and oxygen atoms in total. The Hall–Kier alpha value is -0.530. The average molecular weight is 254 g/mol. The highest BCUT2D eigenvalue weighted by atomic mass is 16.5. The van der Waals surface area contributed by atoms with Gasteiger partial charge in [-0.3, -0.25) is 4.79 Å². The van der Waals surface area contributed by atoms with Crippen LogP contribution in [0.1, 0.15) is 78.1 Å². The first-order valence-corrected chi connectivity index (χ1v) is 7.91. The van der Waals surface area contributed by atoms with E-state index in [4.69, 9.17) is 4.74 Å². The van der Waals surface area contributed by atoms with Crippen molar-refractivity contribution < 1.29 is 9.53 Å². The minimum atomic E-state index is 0.0184. The van der Waals surface area contributed by atoms with Gasteiger partial charge in [-0.1, -0.05) is 58.8 Å². The van der Waals surface area contributed by atoms with E-state index in [9.17, 15) is 4.79 Å². The fraction of sp³-hybridized carbons (Fsp3) is 0.938. The van der Waals surface area contributed by atoms with Gasteiger partial charge in [-0.15, -0.1) is 0 Å². The van der Waals surface area contributed by atoms with E-state index in [0.29, 0.717) is 18.9 Å². The molecule has 1 atom stereocenters. The minimum absolute atomic E-state index is 0.0184. The van der Waals surface area contributed by atoms with Crippen molar-refractivity contribution in [3.05, 3.63) is 0 Å². The normalized spacial score (nSPS) is 20.2. The van der Waals surface area contributed by atoms with Gasteiger partial charge in [-0.2, -0.15) is 0 Å². The fourth-order valence-electron chi connectivity index (χ4n) is 2.87. The average Bonchev–Trinajstić information content (AvgIpc) is 2.38. The molecule has 0 aromatic carbocycles. The zero-order valence-electron chi connectivity index (χ0n) is 12.2. The Labute approximate surface area is 112 Å². The molecule has 106 valence electrons. The highest BCUT2D eigenvalue weighted by Crippen LogP contribution is 2.27. The summed E-state index contributed by atoms with van der Waals surface area (Å²) in [6, 6.07) is 0. The minimum Gasteiger partial charge on any atom is -0.466 e. The van der Waals surface area contributed by atoms with E-state index in [-0.39, 0.29) is 5.97 Å². The summed E-state index contributed by atoms with van der Waals surface area (Å²) in [4.78, 5) is 11.2. The van der Waals surface area contributed by atoms with Crippen LogP contribution in [0.15, 0.2) is 0 Å². The van der Waals surface area contributed by atoms with E-state index < -0.39 is 0 Å². The lowest BCUT2D eigenvalue weighted by atomic mass is 9.86. The first kappa shape index (κ1) is 15.5. The number of rotatable bonds is 9. The van der Waals surface area contributed by atoms with Gasteiger partial charge in [0.15, 0.2) is 0 Å². The molecule has 0 aromatic rings. The van der Waals surface area contributed by atoms with E-state index >= 15 is 0 Å². The summed E-state index contributed by atoms with van der Waals surface area (Å²) in [7, 11) is 0. The third-order valence-electron chi connectivity index (χ3n) is 4.16. The predicted molar refractivity (Wildman–Crippen MR) is 75.5 cm³/mol. The van der Waals surface area contributed by atoms with Crippen molar-refractivity contribution in [2.45, 2.75) is 78.1 Å². The Morgan fingerprint density at radius 3 is 2.39 bits per heavy atom. The van der Waals surface area contributed by atoms with Crippen molar-refractivity contribution in [1.29, 1.82) is 0 Å². The molecule has 0 bridgehead atoms. The van der Waals surface area contributed by atoms with Gasteiger partial charge in [0.2, 0.25) is 0 Å². The van der Waals surface area contributed by atoms with Gasteiger partial charge in [-0.05, 0) is 24.7 Å². The molecular weight excluding hydrogens is 224 g/mol. The molecule has 1 saturated heterocycles. The van der Waals surface area contributed by atoms with Crippen LogP contribution in [0, 0.1) is 11.8 Å². The Morgan fingerprint density at radius 2 is 1.83 bits per heavy atom. The molecule has 1 fully saturated rings. The molecule has 2 heteroatoms. The molecule has 0 aromatic heterocycles. The second-order valence-corrected chi connectivity index (χ2v) is 5.81. The summed E-state index contributed by atoms with van der Waals surface area (Å²) in [5.74, 6) is 1.50. The summed E-state index contributed by atoms with van der Waals surface area (Å²) < 4.78 is 5.01. The van der Waals surface area contributed by atoms with Crippen molar-refractivity contribution in [2.24, 2.45) is 11.8 Å². The van der Waals surface area contributed by atoms with Crippen LogP contribution in [0.5, 0.6) is 0 Å². The van der Waals surface area contributed by atoms with Gasteiger partial charge < -0.3 is 4.74 Å². The maximum absolute atomic E-state index is 11.2. The van der Waals surface area contributed by atoms with Crippen LogP contribution in [0.2, 0.25) is 0 Å². The van der Waals surface area contributed by atoms with Crippen LogP contribution in [0.4, 0.5) is 0 Å². The Bertz CT molecular complexity index is 217. The van der Waals surface area contributed by atoms with Crippen LogP contribution < -0.4 is 0 Å². The van der Waals surface area contributed by atoms with Crippen molar-refractivity contribution in [3.63, 3.8) is 0 Å². The topological polar surface area (TPSA) is 26.3 Å². The molecule has 1 rings (SSSR count). The Kier molecular flexibility index (Phi) is 8.11. The standard InChI is InChI=1S/C16H30O2/c1-3-5-7-14(8-6-4-2)9-10-15-11-12-18-16(17)13-15/h14-15H,3-13H2,1-2H3. The number of esters is 1. The van der Waals surface area contributed by atoms with Crippen LogP contribution in [0.3, 0.4) is 0 Å². The summed E-state index contributed by atoms with van der Waals surface area (Å²) >= 11 is 0. The number of hydrogen-bond donors (Lipinski definition) is 0. The molecule has 0 N–H and O–H groups in total. The third-order valence-corrected chi connectivity index (χ3v) is 4.16. The Morgan fingerprint density at radius 1 is 1.17 bits per heavy atom. The molecule has 18 heavy (non-hydrogen) atoms. The maximum Gasteiger partial charge on any atom is 0.306 e. The molecular formula is C16H30O2. The van der Waals surface area contributed by atoms with Gasteiger partial charge in [0.05, 0.1) is 6.61 Å². The third kappa shape index (κ3) is 6.42. The number of ether oxygens (including phenoxy) is 1. The van der Waals surface area contributed by atoms with Crippen LogP contribution in [-0.4, -0.2) is 12.6 Å². The van der Waals surface area contributed by atoms with E-state index in [0.717, 1.165) is 12.3 Å². The van der Waals surface area contributed by atoms with Crippen LogP contribution in [0.25, 0.3) is 0 Å². The molecule has 1 aliphatic rings. The summed E-state index contributed by atoms with van der Waals surface area (Å²) in [5, 5.41) is 0. The molecule has 1 unspecified atom stereocenters. The van der Waals surface area contributed by atoms with Crippen molar-refractivity contribution in [3.8, 4) is 0 Å². The van der Waals surface area contributed by atoms with Crippen LogP contribution in [-0.2, 0) is 9.53 Å². The predicted octanol–water partition coefficient (Wildman–Crippen LogP) is 4.72. The molecule has 0 aliphatic carbocycles. The number of hydrogen-bond acceptors (Lipinski definition) is 2. The van der Waals surface area contributed by atoms with Gasteiger partial charge in [0.25, 0.3) is 0 Å².